The molecule has 0 radical (unpaired) electrons. The van der Waals surface area contributed by atoms with Crippen molar-refractivity contribution in [2.24, 2.45) is 0 Å². The molecule has 0 heterocycles. The Bertz CT molecular complexity index is 247. The molecule has 1 nitrogen and oxygen atoms in total. The van der Waals surface area contributed by atoms with Crippen LogP contribution in [0.25, 0.3) is 0 Å². The summed E-state index contributed by atoms with van der Waals surface area (Å²) in [5, 5.41) is 0. The first kappa shape index (κ1) is 14.4. The summed E-state index contributed by atoms with van der Waals surface area (Å²) in [4.78, 5) is 0. The van der Waals surface area contributed by atoms with E-state index in [4.69, 9.17) is 4.12 Å². The highest BCUT2D eigenvalue weighted by molar-refractivity contribution is 6.89. The predicted octanol–water partition coefficient (Wildman–Crippen LogP) is 3.98. The third-order valence-electron chi connectivity index (χ3n) is 1.79. The van der Waals surface area contributed by atoms with Crippen molar-refractivity contribution in [1.29, 1.82) is 0 Å². The zero-order valence-corrected chi connectivity index (χ0v) is 12.3. The van der Waals surface area contributed by atoms with Crippen LogP contribution in [0.5, 0.6) is 0 Å². The molecule has 0 unspecified atom stereocenters. The molecule has 0 aromatic heterocycles. The standard InChI is InChI=1S/C12H22OSi2/c1-7-9-11-14(3,4)13-15(5,6)12-10-8-2/h7-12H,1-2H2,3-6H3/b11-9+,12-10+. The summed E-state index contributed by atoms with van der Waals surface area (Å²) in [6.45, 7) is 16.1. The van der Waals surface area contributed by atoms with Crippen molar-refractivity contribution in [2.45, 2.75) is 26.2 Å². The number of allylic oxidation sites excluding steroid dienone is 4. The van der Waals surface area contributed by atoms with Crippen LogP contribution in [0.1, 0.15) is 0 Å². The van der Waals surface area contributed by atoms with Crippen molar-refractivity contribution in [3.63, 3.8) is 0 Å². The van der Waals surface area contributed by atoms with Gasteiger partial charge in [-0.15, -0.1) is 0 Å². The van der Waals surface area contributed by atoms with Crippen LogP contribution in [0.3, 0.4) is 0 Å². The van der Waals surface area contributed by atoms with E-state index in [1.54, 1.807) is 12.2 Å². The fourth-order valence-corrected chi connectivity index (χ4v) is 8.51. The zero-order valence-electron chi connectivity index (χ0n) is 10.3. The Morgan fingerprint density at radius 2 is 1.13 bits per heavy atom. The Balaban J connectivity index is 4.54. The zero-order chi connectivity index (χ0) is 11.9. The summed E-state index contributed by atoms with van der Waals surface area (Å²) < 4.78 is 6.24. The van der Waals surface area contributed by atoms with Crippen LogP contribution < -0.4 is 0 Å². The molecule has 0 saturated heterocycles. The van der Waals surface area contributed by atoms with Crippen molar-refractivity contribution in [1.82, 2.24) is 0 Å². The molecule has 0 amide bonds. The lowest BCUT2D eigenvalue weighted by atomic mass is 10.6. The Morgan fingerprint density at radius 1 is 0.800 bits per heavy atom. The first-order chi connectivity index (χ1) is 6.83. The number of hydrogen-bond acceptors (Lipinski definition) is 1. The fourth-order valence-electron chi connectivity index (χ4n) is 1.35. The largest absolute Gasteiger partial charge is 0.449 e. The van der Waals surface area contributed by atoms with Crippen LogP contribution in [-0.4, -0.2) is 16.6 Å². The Morgan fingerprint density at radius 3 is 1.40 bits per heavy atom. The first-order valence-electron chi connectivity index (χ1n) is 5.14. The maximum Gasteiger partial charge on any atom is 0.198 e. The van der Waals surface area contributed by atoms with Crippen molar-refractivity contribution in [3.05, 3.63) is 48.9 Å². The lowest BCUT2D eigenvalue weighted by Gasteiger charge is -2.29. The van der Waals surface area contributed by atoms with E-state index in [9.17, 15) is 0 Å². The van der Waals surface area contributed by atoms with Gasteiger partial charge in [-0.2, -0.15) is 0 Å². The lowest BCUT2D eigenvalue weighted by Crippen LogP contribution is -2.42. The predicted molar refractivity (Wildman–Crippen MR) is 74.7 cm³/mol. The molecule has 0 fully saturated rings. The van der Waals surface area contributed by atoms with Crippen molar-refractivity contribution < 1.29 is 4.12 Å². The second-order valence-corrected chi connectivity index (χ2v) is 12.4. The molecule has 0 aromatic rings. The molecule has 84 valence electrons. The first-order valence-corrected chi connectivity index (χ1v) is 11.1. The van der Waals surface area contributed by atoms with Gasteiger partial charge >= 0.3 is 0 Å². The quantitative estimate of drug-likeness (QED) is 0.502. The molecule has 15 heavy (non-hydrogen) atoms. The van der Waals surface area contributed by atoms with Gasteiger partial charge in [-0.1, -0.05) is 48.9 Å². The molecule has 3 heteroatoms. The summed E-state index contributed by atoms with van der Waals surface area (Å²) in [5.41, 5.74) is 4.33. The van der Waals surface area contributed by atoms with Gasteiger partial charge in [0.15, 0.2) is 16.6 Å². The van der Waals surface area contributed by atoms with E-state index in [0.29, 0.717) is 0 Å². The molecule has 0 aliphatic heterocycles. The van der Waals surface area contributed by atoms with Crippen LogP contribution in [0.4, 0.5) is 0 Å². The van der Waals surface area contributed by atoms with Crippen molar-refractivity contribution in [2.75, 3.05) is 0 Å². The van der Waals surface area contributed by atoms with E-state index in [1.165, 1.54) is 0 Å². The van der Waals surface area contributed by atoms with Crippen LogP contribution >= 0.6 is 0 Å². The van der Waals surface area contributed by atoms with E-state index in [-0.39, 0.29) is 0 Å². The van der Waals surface area contributed by atoms with Gasteiger partial charge in [0.25, 0.3) is 0 Å². The normalized spacial score (nSPS) is 13.6. The molecule has 0 aromatic carbocycles. The fraction of sp³-hybridized carbons (Fsp3) is 0.333. The molecule has 0 saturated carbocycles. The molecule has 0 rings (SSSR count). The lowest BCUT2D eigenvalue weighted by molar-refractivity contribution is 0.571. The maximum atomic E-state index is 6.24. The smallest absolute Gasteiger partial charge is 0.198 e. The number of rotatable bonds is 6. The second kappa shape index (κ2) is 6.05. The van der Waals surface area contributed by atoms with E-state index in [0.717, 1.165) is 0 Å². The molecular formula is C12H22OSi2. The second-order valence-electron chi connectivity index (χ2n) is 4.50. The maximum absolute atomic E-state index is 6.24. The average Bonchev–Trinajstić information content (AvgIpc) is 2.10. The van der Waals surface area contributed by atoms with Crippen LogP contribution in [0.2, 0.25) is 26.2 Å². The summed E-state index contributed by atoms with van der Waals surface area (Å²) in [6, 6.07) is 0. The highest BCUT2D eigenvalue weighted by Gasteiger charge is 2.28. The van der Waals surface area contributed by atoms with Gasteiger partial charge in [0.1, 0.15) is 0 Å². The number of hydrogen-bond donors (Lipinski definition) is 0. The summed E-state index contributed by atoms with van der Waals surface area (Å²) in [7, 11) is -3.37. The van der Waals surface area contributed by atoms with Gasteiger partial charge in [0, 0.05) is 0 Å². The van der Waals surface area contributed by atoms with Gasteiger partial charge < -0.3 is 4.12 Å². The highest BCUT2D eigenvalue weighted by Crippen LogP contribution is 2.16. The molecule has 0 spiro atoms. The van der Waals surface area contributed by atoms with Crippen LogP contribution in [0.15, 0.2) is 48.9 Å². The van der Waals surface area contributed by atoms with Gasteiger partial charge in [0.2, 0.25) is 0 Å². The highest BCUT2D eigenvalue weighted by atomic mass is 28.4. The third-order valence-corrected chi connectivity index (χ3v) is 7.99. The van der Waals surface area contributed by atoms with E-state index >= 15 is 0 Å². The van der Waals surface area contributed by atoms with Gasteiger partial charge in [0.05, 0.1) is 0 Å². The monoisotopic (exact) mass is 238 g/mol. The van der Waals surface area contributed by atoms with E-state index in [1.807, 2.05) is 12.2 Å². The average molecular weight is 238 g/mol. The summed E-state index contributed by atoms with van der Waals surface area (Å²) >= 11 is 0. The molecule has 0 bridgehead atoms. The van der Waals surface area contributed by atoms with Gasteiger partial charge in [-0.3, -0.25) is 0 Å². The SMILES string of the molecule is C=C/C=C/[Si](C)(C)O[Si](C)(C)/C=C/C=C. The van der Waals surface area contributed by atoms with Gasteiger partial charge in [-0.05, 0) is 26.2 Å². The van der Waals surface area contributed by atoms with Crippen LogP contribution in [0, 0.1) is 0 Å². The molecular weight excluding hydrogens is 216 g/mol. The van der Waals surface area contributed by atoms with E-state index < -0.39 is 16.6 Å². The Kier molecular flexibility index (Phi) is 5.79. The minimum absolute atomic E-state index is 1.69. The minimum Gasteiger partial charge on any atom is -0.449 e. The third kappa shape index (κ3) is 7.30. The molecule has 0 N–H and O–H groups in total. The van der Waals surface area contributed by atoms with Gasteiger partial charge in [-0.25, -0.2) is 0 Å². The molecule has 0 aliphatic rings. The van der Waals surface area contributed by atoms with Crippen molar-refractivity contribution in [3.8, 4) is 0 Å². The summed E-state index contributed by atoms with van der Waals surface area (Å²) in [6.07, 6.45) is 7.56. The minimum atomic E-state index is -1.69. The van der Waals surface area contributed by atoms with Crippen LogP contribution in [-0.2, 0) is 4.12 Å². The Labute approximate surface area is 96.1 Å². The van der Waals surface area contributed by atoms with Crippen molar-refractivity contribution >= 4 is 16.6 Å². The summed E-state index contributed by atoms with van der Waals surface area (Å²) in [5.74, 6) is 0. The molecule has 0 aliphatic carbocycles. The van der Waals surface area contributed by atoms with E-state index in [2.05, 4.69) is 50.7 Å². The Hall–Kier alpha value is -0.646. The molecule has 0 atom stereocenters. The topological polar surface area (TPSA) is 9.23 Å².